The molecule has 11 heavy (non-hydrogen) atoms. The number of hydrogen-bond acceptors (Lipinski definition) is 1. The van der Waals surface area contributed by atoms with Gasteiger partial charge < -0.3 is 4.80 Å². The Morgan fingerprint density at radius 3 is 2.36 bits per heavy atom. The fraction of sp³-hybridized carbons (Fsp3) is 0.556. The van der Waals surface area contributed by atoms with E-state index in [1.165, 1.54) is 0 Å². The molecule has 0 bridgehead atoms. The highest BCUT2D eigenvalue weighted by Gasteiger charge is 2.14. The second-order valence-electron chi connectivity index (χ2n) is 3.31. The first-order valence-corrected chi connectivity index (χ1v) is 7.22. The summed E-state index contributed by atoms with van der Waals surface area (Å²) in [5.74, 6) is 0. The van der Waals surface area contributed by atoms with Crippen molar-refractivity contribution in [2.75, 3.05) is 0 Å². The lowest BCUT2D eigenvalue weighted by Gasteiger charge is -2.10. The van der Waals surface area contributed by atoms with Gasteiger partial charge in [0.05, 0.1) is 0 Å². The summed E-state index contributed by atoms with van der Waals surface area (Å²) in [6.07, 6.45) is 9.13. The van der Waals surface area contributed by atoms with Crippen LogP contribution in [-0.2, 0) is 0 Å². The van der Waals surface area contributed by atoms with Crippen molar-refractivity contribution in [3.8, 4) is 0 Å². The number of rotatable bonds is 4. The van der Waals surface area contributed by atoms with E-state index in [2.05, 4.69) is 6.08 Å². The number of allylic oxidation sites excluding steroid dienone is 4. The normalized spacial score (nSPS) is 13.5. The van der Waals surface area contributed by atoms with Crippen LogP contribution in [0.4, 0.5) is 0 Å². The van der Waals surface area contributed by atoms with E-state index < -0.39 is 8.32 Å². The molecule has 0 aromatic rings. The van der Waals surface area contributed by atoms with E-state index in [0.717, 1.165) is 12.5 Å². The molecule has 0 aliphatic carbocycles. The molecule has 0 saturated carbocycles. The van der Waals surface area contributed by atoms with Gasteiger partial charge in [0.2, 0.25) is 0 Å². The summed E-state index contributed by atoms with van der Waals surface area (Å²) in [6.45, 7) is 5.93. The molecule has 0 amide bonds. The predicted octanol–water partition coefficient (Wildman–Crippen LogP) is 2.71. The van der Waals surface area contributed by atoms with Crippen LogP contribution >= 0.6 is 0 Å². The molecule has 0 aromatic carbocycles. The maximum atomic E-state index is 9.46. The van der Waals surface area contributed by atoms with E-state index in [9.17, 15) is 4.80 Å². The van der Waals surface area contributed by atoms with Crippen molar-refractivity contribution >= 4 is 8.32 Å². The molecule has 1 nitrogen and oxygen atoms in total. The average molecular weight is 170 g/mol. The Kier molecular flexibility index (Phi) is 5.16. The van der Waals surface area contributed by atoms with Crippen LogP contribution < -0.4 is 0 Å². The van der Waals surface area contributed by atoms with E-state index in [1.807, 2.05) is 38.2 Å². The van der Waals surface area contributed by atoms with Gasteiger partial charge in [0.15, 0.2) is 8.32 Å². The first-order valence-electron chi connectivity index (χ1n) is 4.06. The second-order valence-corrected chi connectivity index (χ2v) is 7.43. The highest BCUT2D eigenvalue weighted by atomic mass is 28.4. The molecule has 0 radical (unpaired) electrons. The van der Waals surface area contributed by atoms with E-state index in [1.54, 1.807) is 0 Å². The Morgan fingerprint density at radius 1 is 1.27 bits per heavy atom. The molecule has 0 fully saturated rings. The minimum absolute atomic E-state index is 0.959. The fourth-order valence-electron chi connectivity index (χ4n) is 0.722. The summed E-state index contributed by atoms with van der Waals surface area (Å²) in [5, 5.41) is 0. The third kappa shape index (κ3) is 9.66. The van der Waals surface area contributed by atoms with Gasteiger partial charge in [-0.15, -0.1) is 0 Å². The molecule has 0 aromatic heterocycles. The molecular weight excluding hydrogens is 152 g/mol. The van der Waals surface area contributed by atoms with Gasteiger partial charge >= 0.3 is 0 Å². The van der Waals surface area contributed by atoms with E-state index >= 15 is 0 Å². The summed E-state index contributed by atoms with van der Waals surface area (Å²) in [6, 6.07) is 0.959. The van der Waals surface area contributed by atoms with Crippen LogP contribution in [0.3, 0.4) is 0 Å². The molecule has 0 aliphatic rings. The van der Waals surface area contributed by atoms with Crippen LogP contribution in [-0.4, -0.2) is 13.1 Å². The summed E-state index contributed by atoms with van der Waals surface area (Å²) in [7, 11) is -1.79. The van der Waals surface area contributed by atoms with Crippen molar-refractivity contribution in [2.24, 2.45) is 0 Å². The van der Waals surface area contributed by atoms with Crippen LogP contribution in [0.5, 0.6) is 0 Å². The van der Waals surface area contributed by atoms with Gasteiger partial charge in [-0.1, -0.05) is 24.3 Å². The fourth-order valence-corrected chi connectivity index (χ4v) is 1.60. The van der Waals surface area contributed by atoms with Gasteiger partial charge in [-0.2, -0.15) is 0 Å². The Balaban J connectivity index is 3.42. The molecule has 0 rings (SSSR count). The second kappa shape index (κ2) is 5.33. The Labute approximate surface area is 70.6 Å². The summed E-state index contributed by atoms with van der Waals surface area (Å²) in [5.41, 5.74) is 0. The molecule has 0 heterocycles. The van der Waals surface area contributed by atoms with Crippen molar-refractivity contribution in [3.05, 3.63) is 24.3 Å². The summed E-state index contributed by atoms with van der Waals surface area (Å²) in [4.78, 5) is 9.46. The zero-order chi connectivity index (χ0) is 8.74. The van der Waals surface area contributed by atoms with Gasteiger partial charge in [0.1, 0.15) is 0 Å². The maximum Gasteiger partial charge on any atom is 0.182 e. The molecule has 2 heteroatoms. The molecular formula is C9H18OSi. The highest BCUT2D eigenvalue weighted by molar-refractivity contribution is 6.69. The lowest BCUT2D eigenvalue weighted by atomic mass is 10.4. The van der Waals surface area contributed by atoms with Crippen LogP contribution in [0.25, 0.3) is 0 Å². The molecule has 0 spiro atoms. The van der Waals surface area contributed by atoms with E-state index in [0.29, 0.717) is 0 Å². The molecule has 0 aliphatic heterocycles. The zero-order valence-corrected chi connectivity index (χ0v) is 8.67. The standard InChI is InChI=1S/C9H18OSi/c1-4-5-6-7-8-9-11(2,3)10/h4-7,10H,8-9H2,1-3H3/b5-4+,7-6+. The smallest absolute Gasteiger partial charge is 0.182 e. The lowest BCUT2D eigenvalue weighted by Crippen LogP contribution is -2.23. The molecule has 1 N–H and O–H groups in total. The third-order valence-electron chi connectivity index (χ3n) is 1.36. The van der Waals surface area contributed by atoms with Crippen molar-refractivity contribution in [3.63, 3.8) is 0 Å². The van der Waals surface area contributed by atoms with Crippen molar-refractivity contribution in [2.45, 2.75) is 32.5 Å². The van der Waals surface area contributed by atoms with Crippen molar-refractivity contribution in [1.82, 2.24) is 0 Å². The first kappa shape index (κ1) is 10.7. The van der Waals surface area contributed by atoms with Crippen LogP contribution in [0.15, 0.2) is 24.3 Å². The van der Waals surface area contributed by atoms with Gasteiger partial charge in [0, 0.05) is 0 Å². The van der Waals surface area contributed by atoms with E-state index in [-0.39, 0.29) is 0 Å². The van der Waals surface area contributed by atoms with Gasteiger partial charge in [0.25, 0.3) is 0 Å². The largest absolute Gasteiger partial charge is 0.432 e. The third-order valence-corrected chi connectivity index (χ3v) is 2.87. The Bertz CT molecular complexity index is 142. The average Bonchev–Trinajstić information content (AvgIpc) is 1.85. The van der Waals surface area contributed by atoms with Gasteiger partial charge in [-0.05, 0) is 32.5 Å². The minimum atomic E-state index is -1.79. The summed E-state index contributed by atoms with van der Waals surface area (Å²) >= 11 is 0. The van der Waals surface area contributed by atoms with Crippen LogP contribution in [0.2, 0.25) is 19.1 Å². The van der Waals surface area contributed by atoms with Gasteiger partial charge in [-0.3, -0.25) is 0 Å². The Hall–Kier alpha value is -0.343. The monoisotopic (exact) mass is 170 g/mol. The topological polar surface area (TPSA) is 20.2 Å². The number of hydrogen-bond donors (Lipinski definition) is 1. The molecule has 0 atom stereocenters. The van der Waals surface area contributed by atoms with Crippen LogP contribution in [0.1, 0.15) is 13.3 Å². The SMILES string of the molecule is C/C=C/C=C/CC[Si](C)(C)O. The zero-order valence-electron chi connectivity index (χ0n) is 7.67. The predicted molar refractivity (Wildman–Crippen MR) is 53.1 cm³/mol. The first-order chi connectivity index (χ1) is 5.06. The van der Waals surface area contributed by atoms with Crippen molar-refractivity contribution in [1.29, 1.82) is 0 Å². The summed E-state index contributed by atoms with van der Waals surface area (Å²) < 4.78 is 0. The van der Waals surface area contributed by atoms with E-state index in [4.69, 9.17) is 0 Å². The molecule has 0 saturated heterocycles. The highest BCUT2D eigenvalue weighted by Crippen LogP contribution is 2.07. The molecule has 64 valence electrons. The Morgan fingerprint density at radius 2 is 1.91 bits per heavy atom. The van der Waals surface area contributed by atoms with Crippen molar-refractivity contribution < 1.29 is 4.80 Å². The maximum absolute atomic E-state index is 9.46. The lowest BCUT2D eigenvalue weighted by molar-refractivity contribution is 0.548. The van der Waals surface area contributed by atoms with Gasteiger partial charge in [-0.25, -0.2) is 0 Å². The quantitative estimate of drug-likeness (QED) is 0.508. The van der Waals surface area contributed by atoms with Crippen LogP contribution in [0, 0.1) is 0 Å². The molecule has 0 unspecified atom stereocenters. The minimum Gasteiger partial charge on any atom is -0.432 e.